The van der Waals surface area contributed by atoms with Crippen LogP contribution in [0.3, 0.4) is 0 Å². The van der Waals surface area contributed by atoms with Gasteiger partial charge in [-0.1, -0.05) is 23.2 Å². The minimum atomic E-state index is -0.801. The highest BCUT2D eigenvalue weighted by atomic mass is 35.5. The normalized spacial score (nSPS) is 13.1. The van der Waals surface area contributed by atoms with Gasteiger partial charge in [0.05, 0.1) is 16.1 Å². The number of rotatable bonds is 5. The molecule has 10 heteroatoms. The number of hydrogen-bond donors (Lipinski definition) is 1. The van der Waals surface area contributed by atoms with E-state index in [0.717, 1.165) is 36.0 Å². The molecule has 1 fully saturated rings. The molecule has 0 saturated carbocycles. The highest BCUT2D eigenvalue weighted by molar-refractivity contribution is 6.35. The van der Waals surface area contributed by atoms with Gasteiger partial charge in [-0.15, -0.1) is 0 Å². The number of aromatic amines is 1. The first-order chi connectivity index (χ1) is 15.5. The average molecular weight is 469 g/mol. The fraction of sp³-hybridized carbons (Fsp3) is 0.182. The third-order valence-electron chi connectivity index (χ3n) is 5.36. The topological polar surface area (TPSA) is 90.7 Å². The molecular formula is C22H15Cl2FN6O. The van der Waals surface area contributed by atoms with E-state index in [1.807, 2.05) is 12.1 Å². The van der Waals surface area contributed by atoms with Crippen LogP contribution < -0.4 is 9.64 Å². The number of H-pyrrole nitrogens is 1. The molecule has 32 heavy (non-hydrogen) atoms. The maximum Gasteiger partial charge on any atom is 0.232 e. The molecule has 1 aliphatic rings. The summed E-state index contributed by atoms with van der Waals surface area (Å²) in [5.41, 5.74) is 2.99. The predicted molar refractivity (Wildman–Crippen MR) is 119 cm³/mol. The van der Waals surface area contributed by atoms with Gasteiger partial charge < -0.3 is 9.64 Å². The van der Waals surface area contributed by atoms with Crippen LogP contribution >= 0.6 is 23.2 Å². The second-order valence-electron chi connectivity index (χ2n) is 7.31. The molecule has 4 aromatic rings. The lowest BCUT2D eigenvalue weighted by Gasteiger charge is -2.32. The lowest BCUT2D eigenvalue weighted by molar-refractivity contribution is 0.306. The Labute approximate surface area is 192 Å². The molecule has 0 atom stereocenters. The van der Waals surface area contributed by atoms with Crippen LogP contribution in [0.25, 0.3) is 22.2 Å². The van der Waals surface area contributed by atoms with Crippen LogP contribution in [-0.4, -0.2) is 33.3 Å². The number of nitriles is 1. The average Bonchev–Trinajstić information content (AvgIpc) is 3.19. The first-order valence-electron chi connectivity index (χ1n) is 9.80. The number of hydrogen-bond acceptors (Lipinski definition) is 6. The van der Waals surface area contributed by atoms with Crippen molar-refractivity contribution in [3.63, 3.8) is 0 Å². The maximum absolute atomic E-state index is 13.7. The zero-order valence-electron chi connectivity index (χ0n) is 16.6. The molecule has 0 spiro atoms. The number of ether oxygens (including phenoxy) is 1. The molecule has 5 rings (SSSR count). The smallest absolute Gasteiger partial charge is 0.232 e. The summed E-state index contributed by atoms with van der Waals surface area (Å²) in [5.74, 6) is 0.421. The molecule has 3 aromatic heterocycles. The summed E-state index contributed by atoms with van der Waals surface area (Å²) in [5, 5.41) is 17.8. The van der Waals surface area contributed by atoms with Gasteiger partial charge in [-0.25, -0.2) is 9.97 Å². The number of nitrogens with one attached hydrogen (secondary N) is 1. The van der Waals surface area contributed by atoms with Crippen molar-refractivity contribution in [3.8, 4) is 23.1 Å². The van der Waals surface area contributed by atoms with Crippen molar-refractivity contribution in [2.75, 3.05) is 18.0 Å². The molecule has 1 saturated heterocycles. The van der Waals surface area contributed by atoms with E-state index in [2.05, 4.69) is 31.1 Å². The lowest BCUT2D eigenvalue weighted by atomic mass is 10.1. The number of halogens is 3. The molecule has 160 valence electrons. The highest BCUT2D eigenvalue weighted by Crippen LogP contribution is 2.33. The minimum absolute atomic E-state index is 0.0273. The zero-order chi connectivity index (χ0) is 22.2. The lowest BCUT2D eigenvalue weighted by Crippen LogP contribution is -2.38. The van der Waals surface area contributed by atoms with Gasteiger partial charge in [-0.05, 0) is 30.7 Å². The number of pyridine rings is 2. The van der Waals surface area contributed by atoms with E-state index in [1.54, 1.807) is 18.3 Å². The molecular weight excluding hydrogens is 454 g/mol. The van der Waals surface area contributed by atoms with Gasteiger partial charge >= 0.3 is 0 Å². The number of fused-ring (bicyclic) bond motifs is 1. The molecule has 1 aliphatic heterocycles. The summed E-state index contributed by atoms with van der Waals surface area (Å²) in [6.07, 6.45) is 4.02. The van der Waals surface area contributed by atoms with Crippen LogP contribution in [-0.2, 0) is 6.61 Å². The predicted octanol–water partition coefficient (Wildman–Crippen LogP) is 5.13. The van der Waals surface area contributed by atoms with Gasteiger partial charge in [0.25, 0.3) is 0 Å². The molecule has 1 aromatic carbocycles. The van der Waals surface area contributed by atoms with Crippen molar-refractivity contribution < 1.29 is 9.13 Å². The van der Waals surface area contributed by atoms with Gasteiger partial charge in [0.1, 0.15) is 35.0 Å². The van der Waals surface area contributed by atoms with Crippen LogP contribution in [0.4, 0.5) is 10.2 Å². The SMILES string of the molecule is N#Cc1cc(-c2n[nH]c3ccc(OCc4c(Cl)cnc(F)c4Cl)cc23)cnc1N1CCC1. The Hall–Kier alpha value is -3.41. The maximum atomic E-state index is 13.7. The Balaban J connectivity index is 1.46. The van der Waals surface area contributed by atoms with Crippen molar-refractivity contribution in [1.82, 2.24) is 20.2 Å². The molecule has 1 N–H and O–H groups in total. The van der Waals surface area contributed by atoms with Crippen LogP contribution in [0.2, 0.25) is 10.0 Å². The largest absolute Gasteiger partial charge is 0.489 e. The summed E-state index contributed by atoms with van der Waals surface area (Å²) in [7, 11) is 0. The summed E-state index contributed by atoms with van der Waals surface area (Å²) >= 11 is 12.1. The second-order valence-corrected chi connectivity index (χ2v) is 8.09. The van der Waals surface area contributed by atoms with Crippen LogP contribution in [0.5, 0.6) is 5.75 Å². The van der Waals surface area contributed by atoms with Gasteiger partial charge in [-0.3, -0.25) is 5.10 Å². The Morgan fingerprint density at radius 2 is 2.03 bits per heavy atom. The van der Waals surface area contributed by atoms with Gasteiger partial charge in [0.15, 0.2) is 0 Å². The van der Waals surface area contributed by atoms with Crippen LogP contribution in [0.1, 0.15) is 17.5 Å². The molecule has 0 radical (unpaired) electrons. The molecule has 0 amide bonds. The van der Waals surface area contributed by atoms with E-state index >= 15 is 0 Å². The fourth-order valence-electron chi connectivity index (χ4n) is 3.52. The molecule has 4 heterocycles. The van der Waals surface area contributed by atoms with E-state index in [9.17, 15) is 9.65 Å². The Morgan fingerprint density at radius 3 is 2.78 bits per heavy atom. The summed E-state index contributed by atoms with van der Waals surface area (Å²) < 4.78 is 19.5. The van der Waals surface area contributed by atoms with Crippen LogP contribution in [0, 0.1) is 17.3 Å². The molecule has 0 aliphatic carbocycles. The zero-order valence-corrected chi connectivity index (χ0v) is 18.1. The van der Waals surface area contributed by atoms with Crippen LogP contribution in [0.15, 0.2) is 36.7 Å². The number of nitrogens with zero attached hydrogens (tertiary/aromatic N) is 5. The van der Waals surface area contributed by atoms with E-state index in [4.69, 9.17) is 27.9 Å². The Bertz CT molecular complexity index is 1380. The van der Waals surface area contributed by atoms with Gasteiger partial charge in [0, 0.05) is 42.0 Å². The Kier molecular flexibility index (Phi) is 5.29. The third-order valence-corrected chi connectivity index (χ3v) is 6.07. The summed E-state index contributed by atoms with van der Waals surface area (Å²) in [4.78, 5) is 10.1. The standard InChI is InChI=1S/C22H15Cl2FN6O/c23-17-10-27-21(25)19(24)16(17)11-32-14-2-3-18-15(7-14)20(30-29-18)13-6-12(8-26)22(28-9-13)31-4-1-5-31/h2-3,6-7,9-10H,1,4-5,11H2,(H,29,30). The first-order valence-corrected chi connectivity index (χ1v) is 10.6. The van der Waals surface area contributed by atoms with Crippen molar-refractivity contribution >= 4 is 39.9 Å². The molecule has 0 unspecified atom stereocenters. The van der Waals surface area contributed by atoms with E-state index in [0.29, 0.717) is 28.4 Å². The quantitative estimate of drug-likeness (QED) is 0.408. The fourth-order valence-corrected chi connectivity index (χ4v) is 3.97. The second kappa shape index (κ2) is 8.26. The van der Waals surface area contributed by atoms with Gasteiger partial charge in [0.2, 0.25) is 5.95 Å². The minimum Gasteiger partial charge on any atom is -0.489 e. The molecule has 7 nitrogen and oxygen atoms in total. The summed E-state index contributed by atoms with van der Waals surface area (Å²) in [6, 6.07) is 9.42. The molecule has 0 bridgehead atoms. The number of aromatic nitrogens is 4. The first kappa shape index (κ1) is 20.5. The monoisotopic (exact) mass is 468 g/mol. The van der Waals surface area contributed by atoms with E-state index in [-0.39, 0.29) is 16.7 Å². The Morgan fingerprint density at radius 1 is 1.19 bits per heavy atom. The van der Waals surface area contributed by atoms with Crippen molar-refractivity contribution in [3.05, 3.63) is 63.8 Å². The van der Waals surface area contributed by atoms with Gasteiger partial charge in [-0.2, -0.15) is 14.8 Å². The van der Waals surface area contributed by atoms with E-state index < -0.39 is 5.95 Å². The van der Waals surface area contributed by atoms with E-state index in [1.165, 1.54) is 6.20 Å². The van der Waals surface area contributed by atoms with Crippen molar-refractivity contribution in [2.24, 2.45) is 0 Å². The van der Waals surface area contributed by atoms with Crippen molar-refractivity contribution in [1.29, 1.82) is 5.26 Å². The van der Waals surface area contributed by atoms with Crippen molar-refractivity contribution in [2.45, 2.75) is 13.0 Å². The highest BCUT2D eigenvalue weighted by Gasteiger charge is 2.21. The number of benzene rings is 1. The number of anilines is 1. The third kappa shape index (κ3) is 3.60. The summed E-state index contributed by atoms with van der Waals surface area (Å²) in [6.45, 7) is 1.78.